The van der Waals surface area contributed by atoms with Crippen LogP contribution in [0.4, 0.5) is 11.6 Å². The monoisotopic (exact) mass is 486 g/mol. The third-order valence-electron chi connectivity index (χ3n) is 3.58. The molecule has 27 heavy (non-hydrogen) atoms. The molecule has 7 nitrogen and oxygen atoms in total. The lowest BCUT2D eigenvalue weighted by molar-refractivity contribution is 1.08. The van der Waals surface area contributed by atoms with Crippen molar-refractivity contribution in [2.75, 3.05) is 11.2 Å². The summed E-state index contributed by atoms with van der Waals surface area (Å²) in [5.74, 6) is 0.113. The Kier molecular flexibility index (Phi) is 5.69. The van der Waals surface area contributed by atoms with Crippen molar-refractivity contribution in [3.05, 3.63) is 72.9 Å². The minimum absolute atomic E-state index is 0.0594. The molecule has 0 aliphatic rings. The maximum absolute atomic E-state index is 12.2. The highest BCUT2D eigenvalue weighted by atomic mass is 79.9. The van der Waals surface area contributed by atoms with Crippen LogP contribution in [-0.2, 0) is 0 Å². The summed E-state index contributed by atoms with van der Waals surface area (Å²) in [7, 11) is 0. The molecule has 0 saturated heterocycles. The Bertz CT molecular complexity index is 1120. The van der Waals surface area contributed by atoms with Crippen LogP contribution < -0.4 is 16.7 Å². The van der Waals surface area contributed by atoms with Crippen molar-refractivity contribution in [2.45, 2.75) is 0 Å². The lowest BCUT2D eigenvalue weighted by Crippen LogP contribution is -2.16. The van der Waals surface area contributed by atoms with E-state index in [0.717, 1.165) is 8.95 Å². The first-order valence-electron chi connectivity index (χ1n) is 7.63. The second-order valence-electron chi connectivity index (χ2n) is 5.38. The predicted molar refractivity (Wildman–Crippen MR) is 112 cm³/mol. The van der Waals surface area contributed by atoms with Crippen molar-refractivity contribution >= 4 is 49.7 Å². The SMILES string of the molecule is N#Cc1c(-c2ccccc2)nc(NN=Cc2cc(Br)cc(Br)c2N)[nH]c1=O. The summed E-state index contributed by atoms with van der Waals surface area (Å²) in [6, 6.07) is 14.5. The lowest BCUT2D eigenvalue weighted by Gasteiger charge is -2.06. The normalized spacial score (nSPS) is 10.7. The average molecular weight is 488 g/mol. The Balaban J connectivity index is 1.94. The van der Waals surface area contributed by atoms with Gasteiger partial charge in [0.1, 0.15) is 11.6 Å². The highest BCUT2D eigenvalue weighted by Crippen LogP contribution is 2.27. The number of hydrogen-bond acceptors (Lipinski definition) is 6. The van der Waals surface area contributed by atoms with Gasteiger partial charge in [-0.15, -0.1) is 0 Å². The summed E-state index contributed by atoms with van der Waals surface area (Å²) < 4.78 is 1.57. The average Bonchev–Trinajstić information content (AvgIpc) is 2.66. The highest BCUT2D eigenvalue weighted by Gasteiger charge is 2.12. The number of anilines is 2. The molecule has 9 heteroatoms. The van der Waals surface area contributed by atoms with Gasteiger partial charge in [-0.3, -0.25) is 9.78 Å². The summed E-state index contributed by atoms with van der Waals surface area (Å²) >= 11 is 6.75. The van der Waals surface area contributed by atoms with Crippen LogP contribution in [0, 0.1) is 11.3 Å². The molecule has 1 aromatic heterocycles. The molecule has 3 rings (SSSR count). The van der Waals surface area contributed by atoms with Crippen molar-refractivity contribution in [3.8, 4) is 17.3 Å². The summed E-state index contributed by atoms with van der Waals surface area (Å²) in [5, 5.41) is 13.4. The quantitative estimate of drug-likeness (QED) is 0.293. The molecule has 0 saturated carbocycles. The summed E-state index contributed by atoms with van der Waals surface area (Å²) in [4.78, 5) is 19.0. The molecule has 0 radical (unpaired) electrons. The molecule has 0 fully saturated rings. The maximum Gasteiger partial charge on any atom is 0.270 e. The zero-order valence-electron chi connectivity index (χ0n) is 13.7. The molecule has 0 bridgehead atoms. The number of rotatable bonds is 4. The van der Waals surface area contributed by atoms with E-state index < -0.39 is 5.56 Å². The third kappa shape index (κ3) is 4.24. The summed E-state index contributed by atoms with van der Waals surface area (Å²) in [6.45, 7) is 0. The van der Waals surface area contributed by atoms with Crippen LogP contribution in [0.5, 0.6) is 0 Å². The summed E-state index contributed by atoms with van der Waals surface area (Å²) in [5.41, 5.74) is 10.2. The number of nitrogens with one attached hydrogen (secondary N) is 2. The number of hydrogen-bond donors (Lipinski definition) is 3. The Morgan fingerprint density at radius 3 is 2.70 bits per heavy atom. The van der Waals surface area contributed by atoms with Crippen LogP contribution in [0.2, 0.25) is 0 Å². The van der Waals surface area contributed by atoms with Crippen molar-refractivity contribution in [3.63, 3.8) is 0 Å². The second-order valence-corrected chi connectivity index (χ2v) is 7.15. The Morgan fingerprint density at radius 2 is 2.00 bits per heavy atom. The fraction of sp³-hybridized carbons (Fsp3) is 0. The van der Waals surface area contributed by atoms with E-state index in [0.29, 0.717) is 16.8 Å². The van der Waals surface area contributed by atoms with Crippen LogP contribution in [0.15, 0.2) is 61.3 Å². The first-order valence-corrected chi connectivity index (χ1v) is 9.21. The first-order chi connectivity index (χ1) is 13.0. The molecule has 0 aliphatic carbocycles. The molecule has 0 amide bonds. The van der Waals surface area contributed by atoms with Crippen LogP contribution >= 0.6 is 31.9 Å². The van der Waals surface area contributed by atoms with Crippen molar-refractivity contribution in [1.82, 2.24) is 9.97 Å². The van der Waals surface area contributed by atoms with Gasteiger partial charge in [-0.2, -0.15) is 10.4 Å². The molecule has 1 heterocycles. The Hall–Kier alpha value is -2.96. The number of aromatic nitrogens is 2. The molecule has 0 unspecified atom stereocenters. The van der Waals surface area contributed by atoms with E-state index in [9.17, 15) is 10.1 Å². The largest absolute Gasteiger partial charge is 0.397 e. The topological polar surface area (TPSA) is 120 Å². The molecule has 4 N–H and O–H groups in total. The molecule has 134 valence electrons. The molecule has 2 aromatic carbocycles. The van der Waals surface area contributed by atoms with E-state index >= 15 is 0 Å². The second kappa shape index (κ2) is 8.16. The molecule has 0 spiro atoms. The number of aromatic amines is 1. The van der Waals surface area contributed by atoms with Crippen LogP contribution in [-0.4, -0.2) is 16.2 Å². The van der Waals surface area contributed by atoms with Crippen molar-refractivity contribution in [2.24, 2.45) is 5.10 Å². The van der Waals surface area contributed by atoms with E-state index in [1.165, 1.54) is 6.21 Å². The maximum atomic E-state index is 12.2. The van der Waals surface area contributed by atoms with E-state index in [1.54, 1.807) is 30.3 Å². The van der Waals surface area contributed by atoms with E-state index in [1.807, 2.05) is 18.2 Å². The van der Waals surface area contributed by atoms with Gasteiger partial charge in [-0.1, -0.05) is 46.3 Å². The standard InChI is InChI=1S/C18H12Br2N6O/c19-12-6-11(15(22)14(20)7-12)9-23-26-18-24-16(10-4-2-1-3-5-10)13(8-21)17(27)25-18/h1-7,9H,22H2,(H2,24,25,26,27). The number of benzene rings is 2. The molecular weight excluding hydrogens is 476 g/mol. The Morgan fingerprint density at radius 1 is 1.26 bits per heavy atom. The number of hydrazone groups is 1. The van der Waals surface area contributed by atoms with Crippen LogP contribution in [0.25, 0.3) is 11.3 Å². The smallest absolute Gasteiger partial charge is 0.270 e. The van der Waals surface area contributed by atoms with Gasteiger partial charge in [0.05, 0.1) is 17.6 Å². The summed E-state index contributed by atoms with van der Waals surface area (Å²) in [6.07, 6.45) is 1.51. The highest BCUT2D eigenvalue weighted by molar-refractivity contribution is 9.11. The number of halogens is 2. The lowest BCUT2D eigenvalue weighted by atomic mass is 10.1. The van der Waals surface area contributed by atoms with Gasteiger partial charge in [0.25, 0.3) is 5.56 Å². The van der Waals surface area contributed by atoms with Gasteiger partial charge < -0.3 is 5.73 Å². The third-order valence-corrected chi connectivity index (χ3v) is 4.69. The number of nitrogen functional groups attached to an aromatic ring is 1. The zero-order chi connectivity index (χ0) is 19.4. The molecule has 3 aromatic rings. The number of H-pyrrole nitrogens is 1. The fourth-order valence-corrected chi connectivity index (χ4v) is 3.57. The van der Waals surface area contributed by atoms with Crippen LogP contribution in [0.1, 0.15) is 11.1 Å². The zero-order valence-corrected chi connectivity index (χ0v) is 16.9. The number of nitrogens with zero attached hydrogens (tertiary/aromatic N) is 3. The Labute approximate surface area is 171 Å². The predicted octanol–water partition coefficient (Wildman–Crippen LogP) is 3.86. The minimum Gasteiger partial charge on any atom is -0.397 e. The first kappa shape index (κ1) is 18.8. The van der Waals surface area contributed by atoms with Crippen LogP contribution in [0.3, 0.4) is 0 Å². The van der Waals surface area contributed by atoms with Crippen molar-refractivity contribution < 1.29 is 0 Å². The number of nitriles is 1. The molecular formula is C18H12Br2N6O. The van der Waals surface area contributed by atoms with Gasteiger partial charge in [0.15, 0.2) is 0 Å². The van der Waals surface area contributed by atoms with Gasteiger partial charge in [0, 0.05) is 20.1 Å². The molecule has 0 aliphatic heterocycles. The van der Waals surface area contributed by atoms with E-state index in [-0.39, 0.29) is 17.2 Å². The van der Waals surface area contributed by atoms with Gasteiger partial charge in [-0.25, -0.2) is 10.4 Å². The van der Waals surface area contributed by atoms with Gasteiger partial charge in [-0.05, 0) is 28.1 Å². The molecule has 0 atom stereocenters. The minimum atomic E-state index is -0.547. The number of nitrogens with two attached hydrogens (primary N) is 1. The van der Waals surface area contributed by atoms with Gasteiger partial charge >= 0.3 is 0 Å². The van der Waals surface area contributed by atoms with E-state index in [2.05, 4.69) is 52.4 Å². The van der Waals surface area contributed by atoms with Crippen molar-refractivity contribution in [1.29, 1.82) is 5.26 Å². The van der Waals surface area contributed by atoms with Gasteiger partial charge in [0.2, 0.25) is 5.95 Å². The van der Waals surface area contributed by atoms with E-state index in [4.69, 9.17) is 5.73 Å². The fourth-order valence-electron chi connectivity index (χ4n) is 2.31.